The average molecular weight is 213 g/mol. The van der Waals surface area contributed by atoms with Crippen molar-refractivity contribution in [3.05, 3.63) is 6.92 Å². The Morgan fingerprint density at radius 2 is 1.21 bits per heavy atom. The molecule has 0 spiro atoms. The zero-order valence-electron chi connectivity index (χ0n) is 11.1. The van der Waals surface area contributed by atoms with Crippen LogP contribution in [0.15, 0.2) is 0 Å². The Bertz CT molecular complexity index is 126. The van der Waals surface area contributed by atoms with Gasteiger partial charge in [0.25, 0.3) is 0 Å². The molecule has 0 aromatic rings. The summed E-state index contributed by atoms with van der Waals surface area (Å²) >= 11 is 0. The smallest absolute Gasteiger partial charge is 0.0612 e. The molecule has 0 fully saturated rings. The minimum absolute atomic E-state index is 0.911. The van der Waals surface area contributed by atoms with Crippen LogP contribution >= 0.6 is 0 Å². The van der Waals surface area contributed by atoms with Crippen LogP contribution in [0.2, 0.25) is 22.7 Å². The van der Waals surface area contributed by atoms with Gasteiger partial charge >= 0.3 is 0 Å². The summed E-state index contributed by atoms with van der Waals surface area (Å²) in [6, 6.07) is 1.48. The molecule has 0 aliphatic heterocycles. The zero-order chi connectivity index (χ0) is 11.4. The number of hydrogen-bond donors (Lipinski definition) is 0. The van der Waals surface area contributed by atoms with E-state index in [1.165, 1.54) is 12.5 Å². The van der Waals surface area contributed by atoms with E-state index in [4.69, 9.17) is 0 Å². The van der Waals surface area contributed by atoms with Crippen LogP contribution < -0.4 is 0 Å². The Morgan fingerprint density at radius 3 is 1.43 bits per heavy atom. The third-order valence-electron chi connectivity index (χ3n) is 4.08. The lowest BCUT2D eigenvalue weighted by molar-refractivity contribution is 0.769. The summed E-state index contributed by atoms with van der Waals surface area (Å²) < 4.78 is 0. The molecule has 0 aliphatic rings. The van der Waals surface area contributed by atoms with Gasteiger partial charge in [0.1, 0.15) is 0 Å². The van der Waals surface area contributed by atoms with E-state index in [0.717, 1.165) is 23.0 Å². The van der Waals surface area contributed by atoms with E-state index in [-0.39, 0.29) is 0 Å². The molecule has 0 nitrogen and oxygen atoms in total. The monoisotopic (exact) mass is 213 g/mol. The molecule has 0 aromatic heterocycles. The molecule has 14 heavy (non-hydrogen) atoms. The van der Waals surface area contributed by atoms with Crippen molar-refractivity contribution in [2.45, 2.75) is 77.1 Å². The quantitative estimate of drug-likeness (QED) is 0.527. The van der Waals surface area contributed by atoms with Crippen molar-refractivity contribution in [2.75, 3.05) is 0 Å². The van der Waals surface area contributed by atoms with Crippen molar-refractivity contribution in [1.29, 1.82) is 0 Å². The molecule has 0 heterocycles. The molecule has 0 unspecified atom stereocenters. The normalized spacial score (nSPS) is 13.3. The van der Waals surface area contributed by atoms with Crippen molar-refractivity contribution in [2.24, 2.45) is 0 Å². The van der Waals surface area contributed by atoms with Crippen molar-refractivity contribution >= 4 is 8.07 Å². The van der Waals surface area contributed by atoms with Crippen molar-refractivity contribution in [3.63, 3.8) is 0 Å². The second-order valence-electron chi connectivity index (χ2n) is 5.53. The summed E-state index contributed by atoms with van der Waals surface area (Å²) in [6.07, 6.45) is 2.45. The summed E-state index contributed by atoms with van der Waals surface area (Å²) in [7, 11) is -1.09. The van der Waals surface area contributed by atoms with Gasteiger partial charge in [0.2, 0.25) is 0 Å². The van der Waals surface area contributed by atoms with Gasteiger partial charge in [-0.15, -0.1) is 0 Å². The lowest BCUT2D eigenvalue weighted by Crippen LogP contribution is -2.44. The van der Waals surface area contributed by atoms with Crippen LogP contribution in [-0.4, -0.2) is 8.07 Å². The minimum atomic E-state index is -1.09. The molecular formula is C13H29Si. The van der Waals surface area contributed by atoms with Crippen molar-refractivity contribution < 1.29 is 0 Å². The van der Waals surface area contributed by atoms with Gasteiger partial charge in [-0.2, -0.15) is 0 Å². The summed E-state index contributed by atoms with van der Waals surface area (Å²) in [4.78, 5) is 0. The van der Waals surface area contributed by atoms with E-state index < -0.39 is 8.07 Å². The van der Waals surface area contributed by atoms with Crippen LogP contribution in [0.25, 0.3) is 0 Å². The van der Waals surface area contributed by atoms with Gasteiger partial charge in [0, 0.05) is 0 Å². The molecule has 0 aromatic carbocycles. The lowest BCUT2D eigenvalue weighted by Gasteiger charge is -2.43. The van der Waals surface area contributed by atoms with E-state index in [1.807, 2.05) is 0 Å². The molecule has 85 valence electrons. The number of rotatable bonds is 6. The number of unbranched alkanes of at least 4 members (excludes halogenated alkanes) is 1. The van der Waals surface area contributed by atoms with Gasteiger partial charge in [-0.25, -0.2) is 0 Å². The maximum Gasteiger partial charge on any atom is 0.0612 e. The summed E-state index contributed by atoms with van der Waals surface area (Å²) in [5.74, 6) is 0. The summed E-state index contributed by atoms with van der Waals surface area (Å²) in [5.41, 5.74) is 2.73. The first-order chi connectivity index (χ1) is 6.39. The van der Waals surface area contributed by atoms with E-state index in [9.17, 15) is 0 Å². The van der Waals surface area contributed by atoms with Gasteiger partial charge in [-0.3, -0.25) is 0 Å². The zero-order valence-corrected chi connectivity index (χ0v) is 12.1. The van der Waals surface area contributed by atoms with Crippen LogP contribution in [0.3, 0.4) is 0 Å². The topological polar surface area (TPSA) is 0 Å². The van der Waals surface area contributed by atoms with Gasteiger partial charge < -0.3 is 0 Å². The maximum absolute atomic E-state index is 3.99. The Morgan fingerprint density at radius 1 is 0.857 bits per heavy atom. The first kappa shape index (κ1) is 14.2. The van der Waals surface area contributed by atoms with Crippen molar-refractivity contribution in [1.82, 2.24) is 0 Å². The van der Waals surface area contributed by atoms with E-state index in [0.29, 0.717) is 0 Å². The van der Waals surface area contributed by atoms with Gasteiger partial charge in [-0.1, -0.05) is 84.0 Å². The molecule has 0 atom stereocenters. The first-order valence-electron chi connectivity index (χ1n) is 6.18. The highest BCUT2D eigenvalue weighted by Gasteiger charge is 2.41. The predicted molar refractivity (Wildman–Crippen MR) is 70.4 cm³/mol. The highest BCUT2D eigenvalue weighted by molar-refractivity contribution is 6.83. The van der Waals surface area contributed by atoms with Crippen LogP contribution in [0.4, 0.5) is 0 Å². The van der Waals surface area contributed by atoms with E-state index in [2.05, 4.69) is 48.5 Å². The Labute approximate surface area is 92.5 Å². The van der Waals surface area contributed by atoms with Gasteiger partial charge in [0.05, 0.1) is 8.07 Å². The van der Waals surface area contributed by atoms with Gasteiger partial charge in [0.15, 0.2) is 0 Å². The van der Waals surface area contributed by atoms with Gasteiger partial charge in [-0.05, 0) is 0 Å². The molecule has 0 N–H and O–H groups in total. The molecule has 0 aliphatic carbocycles. The second-order valence-corrected chi connectivity index (χ2v) is 11.7. The minimum Gasteiger partial charge on any atom is -0.0651 e. The molecule has 0 saturated carbocycles. The fraction of sp³-hybridized carbons (Fsp3) is 0.923. The average Bonchev–Trinajstić information content (AvgIpc) is 2.03. The Hall–Kier alpha value is 0.217. The molecule has 0 rings (SSSR count). The first-order valence-corrected chi connectivity index (χ1v) is 8.62. The largest absolute Gasteiger partial charge is 0.0651 e. The molecule has 0 amide bonds. The van der Waals surface area contributed by atoms with Crippen LogP contribution in [0, 0.1) is 6.92 Å². The molecule has 1 heteroatoms. The summed E-state index contributed by atoms with van der Waals surface area (Å²) in [5, 5.41) is 0. The molecule has 0 saturated heterocycles. The third kappa shape index (κ3) is 2.85. The van der Waals surface area contributed by atoms with Crippen LogP contribution in [-0.2, 0) is 0 Å². The maximum atomic E-state index is 3.99. The highest BCUT2D eigenvalue weighted by atomic mass is 28.3. The second kappa shape index (κ2) is 5.94. The Balaban J connectivity index is 4.76. The van der Waals surface area contributed by atoms with Crippen LogP contribution in [0.1, 0.15) is 54.4 Å². The lowest BCUT2D eigenvalue weighted by atomic mass is 10.4. The van der Waals surface area contributed by atoms with Crippen molar-refractivity contribution in [3.8, 4) is 0 Å². The SMILES string of the molecule is [CH2]CCC[Si](C(C)C)(C(C)C)C(C)C. The fourth-order valence-electron chi connectivity index (χ4n) is 3.30. The molecule has 1 radical (unpaired) electrons. The van der Waals surface area contributed by atoms with E-state index in [1.54, 1.807) is 0 Å². The third-order valence-corrected chi connectivity index (χ3v) is 11.8. The molecular weight excluding hydrogens is 184 g/mol. The Kier molecular flexibility index (Phi) is 6.04. The fourth-order valence-corrected chi connectivity index (χ4v) is 9.89. The summed E-state index contributed by atoms with van der Waals surface area (Å²) in [6.45, 7) is 18.6. The highest BCUT2D eigenvalue weighted by Crippen LogP contribution is 2.45. The number of hydrogen-bond acceptors (Lipinski definition) is 0. The molecule has 0 bridgehead atoms. The predicted octanol–water partition coefficient (Wildman–Crippen LogP) is 5.28. The standard InChI is InChI=1S/C13H29Si/c1-8-9-10-14(11(2)3,12(4)5)13(6)7/h11-13H,1,8-10H2,2-7H3. The van der Waals surface area contributed by atoms with Crippen LogP contribution in [0.5, 0.6) is 0 Å². The van der Waals surface area contributed by atoms with E-state index >= 15 is 0 Å².